The van der Waals surface area contributed by atoms with Crippen LogP contribution in [0.25, 0.3) is 0 Å². The van der Waals surface area contributed by atoms with Gasteiger partial charge in [0.25, 0.3) is 0 Å². The molecule has 10 heteroatoms. The number of ether oxygens (including phenoxy) is 1. The maximum Gasteiger partial charge on any atom is 0.191 e. The number of hydrogen-bond donors (Lipinski definition) is 2. The van der Waals surface area contributed by atoms with Crippen molar-refractivity contribution in [2.75, 3.05) is 26.3 Å². The Hall–Kier alpha value is -1.27. The lowest BCUT2D eigenvalue weighted by atomic mass is 10.4. The molecule has 2 rings (SSSR count). The Morgan fingerprint density at radius 1 is 1.25 bits per heavy atom. The third-order valence-corrected chi connectivity index (χ3v) is 5.31. The number of nitrogens with one attached hydrogen (secondary N) is 2. The second kappa shape index (κ2) is 13.8. The number of aliphatic imine (C=N–C) groups is 1. The maximum atomic E-state index is 5.39. The molecule has 0 aromatic carbocycles. The molecule has 2 aromatic rings. The second-order valence-electron chi connectivity index (χ2n) is 6.12. The highest BCUT2D eigenvalue weighted by molar-refractivity contribution is 14.0. The molecule has 0 aliphatic carbocycles. The summed E-state index contributed by atoms with van der Waals surface area (Å²) >= 11 is 1.78. The number of guanidine groups is 1. The van der Waals surface area contributed by atoms with Crippen LogP contribution in [0.1, 0.15) is 41.8 Å². The second-order valence-corrected chi connectivity index (χ2v) is 7.31. The molecular weight excluding hydrogens is 489 g/mol. The molecule has 2 heterocycles. The predicted octanol–water partition coefficient (Wildman–Crippen LogP) is 2.46. The largest absolute Gasteiger partial charge is 0.382 e. The summed E-state index contributed by atoms with van der Waals surface area (Å²) in [5.41, 5.74) is 0. The number of aryl methyl sites for hydroxylation is 2. The molecule has 28 heavy (non-hydrogen) atoms. The van der Waals surface area contributed by atoms with Crippen molar-refractivity contribution in [3.05, 3.63) is 27.7 Å². The van der Waals surface area contributed by atoms with Gasteiger partial charge in [-0.1, -0.05) is 6.92 Å². The van der Waals surface area contributed by atoms with Crippen LogP contribution in [0, 0.1) is 6.92 Å². The summed E-state index contributed by atoms with van der Waals surface area (Å²) in [4.78, 5) is 10.4. The summed E-state index contributed by atoms with van der Waals surface area (Å²) < 4.78 is 7.34. The zero-order valence-electron chi connectivity index (χ0n) is 17.2. The van der Waals surface area contributed by atoms with Gasteiger partial charge in [-0.2, -0.15) is 0 Å². The van der Waals surface area contributed by atoms with Crippen LogP contribution in [0.15, 0.2) is 11.2 Å². The highest BCUT2D eigenvalue weighted by Crippen LogP contribution is 2.13. The predicted molar refractivity (Wildman–Crippen MR) is 125 cm³/mol. The van der Waals surface area contributed by atoms with E-state index in [1.807, 2.05) is 31.7 Å². The lowest BCUT2D eigenvalue weighted by Crippen LogP contribution is -2.39. The molecule has 0 radical (unpaired) electrons. The fraction of sp³-hybridized carbons (Fsp3) is 0.667. The molecule has 158 valence electrons. The first-order chi connectivity index (χ1) is 13.1. The fourth-order valence-corrected chi connectivity index (χ4v) is 3.21. The van der Waals surface area contributed by atoms with Crippen molar-refractivity contribution in [1.29, 1.82) is 0 Å². The van der Waals surface area contributed by atoms with Gasteiger partial charge in [-0.15, -0.1) is 45.5 Å². The van der Waals surface area contributed by atoms with Gasteiger partial charge in [0.15, 0.2) is 11.8 Å². The van der Waals surface area contributed by atoms with Crippen molar-refractivity contribution in [3.63, 3.8) is 0 Å². The summed E-state index contributed by atoms with van der Waals surface area (Å²) in [6.07, 6.45) is 4.82. The number of aromatic nitrogens is 4. The van der Waals surface area contributed by atoms with E-state index < -0.39 is 0 Å². The molecule has 0 saturated heterocycles. The number of thiazole rings is 1. The van der Waals surface area contributed by atoms with Crippen LogP contribution in [0.2, 0.25) is 0 Å². The van der Waals surface area contributed by atoms with Crippen molar-refractivity contribution in [2.45, 2.75) is 46.6 Å². The van der Waals surface area contributed by atoms with Crippen molar-refractivity contribution in [3.8, 4) is 0 Å². The van der Waals surface area contributed by atoms with Gasteiger partial charge in [0.2, 0.25) is 0 Å². The number of halogens is 1. The molecule has 0 unspecified atom stereocenters. The molecule has 2 N–H and O–H groups in total. The topological polar surface area (TPSA) is 89.2 Å². The monoisotopic (exact) mass is 521 g/mol. The Bertz CT molecular complexity index is 717. The Balaban J connectivity index is 0.00000392. The minimum absolute atomic E-state index is 0. The lowest BCUT2D eigenvalue weighted by Gasteiger charge is -2.12. The van der Waals surface area contributed by atoms with E-state index in [0.29, 0.717) is 6.54 Å². The lowest BCUT2D eigenvalue weighted by molar-refractivity contribution is 0.145. The summed E-state index contributed by atoms with van der Waals surface area (Å²) in [5.74, 6) is 2.50. The first-order valence-corrected chi connectivity index (χ1v) is 10.3. The van der Waals surface area contributed by atoms with E-state index in [4.69, 9.17) is 4.74 Å². The van der Waals surface area contributed by atoms with Gasteiger partial charge in [-0.3, -0.25) is 0 Å². The number of hydrogen-bond acceptors (Lipinski definition) is 6. The maximum absolute atomic E-state index is 5.39. The normalized spacial score (nSPS) is 11.4. The van der Waals surface area contributed by atoms with Crippen LogP contribution in [-0.2, 0) is 31.2 Å². The van der Waals surface area contributed by atoms with E-state index in [2.05, 4.69) is 37.7 Å². The first-order valence-electron chi connectivity index (χ1n) is 9.52. The van der Waals surface area contributed by atoms with Crippen LogP contribution in [0.3, 0.4) is 0 Å². The quantitative estimate of drug-likeness (QED) is 0.205. The van der Waals surface area contributed by atoms with E-state index in [1.54, 1.807) is 11.3 Å². The summed E-state index contributed by atoms with van der Waals surface area (Å²) in [5, 5.41) is 16.2. The van der Waals surface area contributed by atoms with E-state index in [-0.39, 0.29) is 24.0 Å². The van der Waals surface area contributed by atoms with Crippen molar-refractivity contribution in [1.82, 2.24) is 30.4 Å². The Labute approximate surface area is 188 Å². The molecule has 0 bridgehead atoms. The highest BCUT2D eigenvalue weighted by Gasteiger charge is 2.06. The minimum Gasteiger partial charge on any atom is -0.382 e. The Morgan fingerprint density at radius 2 is 2.04 bits per heavy atom. The van der Waals surface area contributed by atoms with E-state index in [0.717, 1.165) is 68.2 Å². The van der Waals surface area contributed by atoms with Crippen LogP contribution in [0.4, 0.5) is 0 Å². The molecular formula is C18H32IN7OS. The molecule has 0 aliphatic heterocycles. The molecule has 0 amide bonds. The van der Waals surface area contributed by atoms with Crippen LogP contribution >= 0.6 is 35.3 Å². The van der Waals surface area contributed by atoms with Crippen molar-refractivity contribution >= 4 is 41.3 Å². The molecule has 0 atom stereocenters. The SMILES string of the molecule is CCOCCCNC(=NCc1nnc(C)n1C)NCCc1ncc(CC)s1.I. The Morgan fingerprint density at radius 3 is 2.68 bits per heavy atom. The summed E-state index contributed by atoms with van der Waals surface area (Å²) in [6, 6.07) is 0. The number of rotatable bonds is 11. The van der Waals surface area contributed by atoms with Crippen LogP contribution < -0.4 is 10.6 Å². The summed E-state index contributed by atoms with van der Waals surface area (Å²) in [7, 11) is 1.95. The van der Waals surface area contributed by atoms with Crippen LogP contribution in [0.5, 0.6) is 0 Å². The average Bonchev–Trinajstić information content (AvgIpc) is 3.26. The summed E-state index contributed by atoms with van der Waals surface area (Å²) in [6.45, 7) is 9.66. The molecule has 8 nitrogen and oxygen atoms in total. The van der Waals surface area contributed by atoms with E-state index in [1.165, 1.54) is 4.88 Å². The van der Waals surface area contributed by atoms with E-state index >= 15 is 0 Å². The van der Waals surface area contributed by atoms with E-state index in [9.17, 15) is 0 Å². The zero-order chi connectivity index (χ0) is 19.5. The van der Waals surface area contributed by atoms with Crippen LogP contribution in [-0.4, -0.2) is 52.0 Å². The standard InChI is InChI=1S/C18H31N7OS.HI/c1-5-15-12-21-17(27-15)8-10-20-18(19-9-7-11-26-6-2)22-13-16-24-23-14(3)25(16)4;/h12H,5-11,13H2,1-4H3,(H2,19,20,22);1H. The average molecular weight is 521 g/mol. The van der Waals surface area contributed by atoms with Gasteiger partial charge in [0.1, 0.15) is 12.4 Å². The Kier molecular flexibility index (Phi) is 12.2. The van der Waals surface area contributed by atoms with Gasteiger partial charge in [0.05, 0.1) is 5.01 Å². The molecule has 0 aliphatic rings. The number of nitrogens with zero attached hydrogens (tertiary/aromatic N) is 5. The molecule has 0 saturated carbocycles. The third kappa shape index (κ3) is 8.39. The van der Waals surface area contributed by atoms with Crippen molar-refractivity contribution < 1.29 is 4.74 Å². The van der Waals surface area contributed by atoms with Gasteiger partial charge in [-0.05, 0) is 26.7 Å². The smallest absolute Gasteiger partial charge is 0.191 e. The first kappa shape index (κ1) is 24.8. The van der Waals surface area contributed by atoms with Gasteiger partial charge >= 0.3 is 0 Å². The highest BCUT2D eigenvalue weighted by atomic mass is 127. The minimum atomic E-state index is 0. The molecule has 0 spiro atoms. The zero-order valence-corrected chi connectivity index (χ0v) is 20.3. The van der Waals surface area contributed by atoms with Crippen molar-refractivity contribution in [2.24, 2.45) is 12.0 Å². The van der Waals surface area contributed by atoms with Gasteiger partial charge in [0, 0.05) is 50.8 Å². The third-order valence-electron chi connectivity index (χ3n) is 4.10. The van der Waals surface area contributed by atoms with Gasteiger partial charge < -0.3 is 19.9 Å². The fourth-order valence-electron chi connectivity index (χ4n) is 2.35. The molecule has 0 fully saturated rings. The van der Waals surface area contributed by atoms with Gasteiger partial charge in [-0.25, -0.2) is 9.98 Å². The molecule has 2 aromatic heterocycles.